The topological polar surface area (TPSA) is 60.2 Å². The largest absolute Gasteiger partial charge is 0.378 e. The molecule has 1 aromatic heterocycles. The molecule has 1 aliphatic heterocycles. The molecular weight excluding hydrogens is 286 g/mol. The fourth-order valence-electron chi connectivity index (χ4n) is 2.97. The minimum Gasteiger partial charge on any atom is -0.378 e. The molecule has 0 spiro atoms. The first-order valence-electron chi connectivity index (χ1n) is 8.15. The Hall–Kier alpha value is -0.590. The fraction of sp³-hybridized carbons (Fsp3) is 0.867. The molecule has 1 aliphatic carbocycles. The van der Waals surface area contributed by atoms with E-state index in [-0.39, 0.29) is 0 Å². The van der Waals surface area contributed by atoms with Gasteiger partial charge < -0.3 is 14.6 Å². The predicted octanol–water partition coefficient (Wildman–Crippen LogP) is 2.56. The monoisotopic (exact) mass is 311 g/mol. The zero-order valence-corrected chi connectivity index (χ0v) is 13.4. The molecule has 0 atom stereocenters. The minimum atomic E-state index is 0.395. The Morgan fingerprint density at radius 1 is 1.19 bits per heavy atom. The van der Waals surface area contributed by atoms with Gasteiger partial charge in [0.05, 0.1) is 24.9 Å². The SMILES string of the molecule is C1CCC(SCc2noc(CCOC3CCNCC3)n2)C1. The number of hydrogen-bond donors (Lipinski definition) is 1. The van der Waals surface area contributed by atoms with Gasteiger partial charge in [-0.2, -0.15) is 16.7 Å². The second kappa shape index (κ2) is 8.15. The van der Waals surface area contributed by atoms with E-state index in [1.807, 2.05) is 11.8 Å². The maximum Gasteiger partial charge on any atom is 0.228 e. The molecule has 2 fully saturated rings. The van der Waals surface area contributed by atoms with E-state index < -0.39 is 0 Å². The van der Waals surface area contributed by atoms with Gasteiger partial charge in [0.15, 0.2) is 5.82 Å². The maximum absolute atomic E-state index is 5.86. The van der Waals surface area contributed by atoms with Crippen molar-refractivity contribution in [1.82, 2.24) is 15.5 Å². The van der Waals surface area contributed by atoms with Crippen LogP contribution in [0.5, 0.6) is 0 Å². The third-order valence-electron chi connectivity index (χ3n) is 4.22. The van der Waals surface area contributed by atoms with Crippen LogP contribution in [0.3, 0.4) is 0 Å². The van der Waals surface area contributed by atoms with Crippen LogP contribution < -0.4 is 5.32 Å². The predicted molar refractivity (Wildman–Crippen MR) is 83.4 cm³/mol. The smallest absolute Gasteiger partial charge is 0.228 e. The Morgan fingerprint density at radius 3 is 2.81 bits per heavy atom. The normalized spacial score (nSPS) is 21.1. The number of piperidine rings is 1. The quantitative estimate of drug-likeness (QED) is 0.835. The Balaban J connectivity index is 1.34. The molecule has 2 aliphatic rings. The van der Waals surface area contributed by atoms with Crippen molar-refractivity contribution in [3.05, 3.63) is 11.7 Å². The average molecular weight is 311 g/mol. The molecule has 118 valence electrons. The van der Waals surface area contributed by atoms with E-state index >= 15 is 0 Å². The van der Waals surface area contributed by atoms with Crippen molar-refractivity contribution in [2.45, 2.75) is 62.1 Å². The average Bonchev–Trinajstić information content (AvgIpc) is 3.18. The van der Waals surface area contributed by atoms with E-state index in [2.05, 4.69) is 15.5 Å². The highest BCUT2D eigenvalue weighted by molar-refractivity contribution is 7.99. The summed E-state index contributed by atoms with van der Waals surface area (Å²) < 4.78 is 11.2. The van der Waals surface area contributed by atoms with Crippen LogP contribution in [0.4, 0.5) is 0 Å². The third kappa shape index (κ3) is 4.97. The van der Waals surface area contributed by atoms with Crippen molar-refractivity contribution >= 4 is 11.8 Å². The zero-order valence-electron chi connectivity index (χ0n) is 12.6. The van der Waals surface area contributed by atoms with E-state index in [0.717, 1.165) is 49.2 Å². The van der Waals surface area contributed by atoms with E-state index in [4.69, 9.17) is 9.26 Å². The lowest BCUT2D eigenvalue weighted by Crippen LogP contribution is -2.32. The van der Waals surface area contributed by atoms with E-state index in [0.29, 0.717) is 18.6 Å². The first-order valence-corrected chi connectivity index (χ1v) is 9.20. The molecule has 1 N–H and O–H groups in total. The molecule has 6 heteroatoms. The van der Waals surface area contributed by atoms with E-state index in [1.165, 1.54) is 25.7 Å². The standard InChI is InChI=1S/C15H25N3O2S/c1-2-4-13(3-1)21-11-14-17-15(20-18-14)7-10-19-12-5-8-16-9-6-12/h12-13,16H,1-11H2. The third-order valence-corrected chi connectivity index (χ3v) is 5.58. The summed E-state index contributed by atoms with van der Waals surface area (Å²) in [6.45, 7) is 2.81. The van der Waals surface area contributed by atoms with Crippen molar-refractivity contribution < 1.29 is 9.26 Å². The molecule has 0 unspecified atom stereocenters. The molecular formula is C15H25N3O2S. The van der Waals surface area contributed by atoms with E-state index in [9.17, 15) is 0 Å². The lowest BCUT2D eigenvalue weighted by atomic mass is 10.1. The van der Waals surface area contributed by atoms with Gasteiger partial charge in [-0.1, -0.05) is 18.0 Å². The minimum absolute atomic E-state index is 0.395. The number of nitrogens with one attached hydrogen (secondary N) is 1. The molecule has 0 radical (unpaired) electrons. The van der Waals surface area contributed by atoms with Gasteiger partial charge >= 0.3 is 0 Å². The molecule has 21 heavy (non-hydrogen) atoms. The van der Waals surface area contributed by atoms with Crippen molar-refractivity contribution in [2.75, 3.05) is 19.7 Å². The molecule has 1 saturated carbocycles. The van der Waals surface area contributed by atoms with Crippen LogP contribution in [-0.4, -0.2) is 41.2 Å². The lowest BCUT2D eigenvalue weighted by molar-refractivity contribution is 0.0322. The summed E-state index contributed by atoms with van der Waals surface area (Å²) in [5, 5.41) is 8.21. The number of thioether (sulfide) groups is 1. The summed E-state index contributed by atoms with van der Waals surface area (Å²) in [7, 11) is 0. The van der Waals surface area contributed by atoms with Gasteiger partial charge in [0, 0.05) is 5.25 Å². The molecule has 2 heterocycles. The van der Waals surface area contributed by atoms with Crippen molar-refractivity contribution in [1.29, 1.82) is 0 Å². The molecule has 0 bridgehead atoms. The summed E-state index contributed by atoms with van der Waals surface area (Å²) in [5.41, 5.74) is 0. The summed E-state index contributed by atoms with van der Waals surface area (Å²) in [6, 6.07) is 0. The highest BCUT2D eigenvalue weighted by Gasteiger charge is 2.17. The van der Waals surface area contributed by atoms with Crippen molar-refractivity contribution in [3.63, 3.8) is 0 Å². The van der Waals surface area contributed by atoms with Gasteiger partial charge in [-0.15, -0.1) is 0 Å². The Morgan fingerprint density at radius 2 is 2.00 bits per heavy atom. The summed E-state index contributed by atoms with van der Waals surface area (Å²) in [6.07, 6.45) is 8.78. The van der Waals surface area contributed by atoms with Crippen molar-refractivity contribution in [2.24, 2.45) is 0 Å². The summed E-state index contributed by atoms with van der Waals surface area (Å²) in [5.74, 6) is 2.43. The van der Waals surface area contributed by atoms with Crippen LogP contribution in [0.1, 0.15) is 50.2 Å². The fourth-order valence-corrected chi connectivity index (χ4v) is 4.14. The van der Waals surface area contributed by atoms with Crippen LogP contribution in [0.15, 0.2) is 4.52 Å². The summed E-state index contributed by atoms with van der Waals surface area (Å²) in [4.78, 5) is 4.46. The van der Waals surface area contributed by atoms with Gasteiger partial charge in [0.2, 0.25) is 5.89 Å². The highest BCUT2D eigenvalue weighted by Crippen LogP contribution is 2.30. The van der Waals surface area contributed by atoms with Gasteiger partial charge in [0.1, 0.15) is 0 Å². The molecule has 0 aromatic carbocycles. The van der Waals surface area contributed by atoms with Gasteiger partial charge in [-0.25, -0.2) is 0 Å². The zero-order chi connectivity index (χ0) is 14.3. The lowest BCUT2D eigenvalue weighted by Gasteiger charge is -2.22. The van der Waals surface area contributed by atoms with E-state index in [1.54, 1.807) is 0 Å². The Bertz CT molecular complexity index is 415. The van der Waals surface area contributed by atoms with Gasteiger partial charge in [-0.3, -0.25) is 0 Å². The second-order valence-corrected chi connectivity index (χ2v) is 7.18. The van der Waals surface area contributed by atoms with Crippen LogP contribution in [0.2, 0.25) is 0 Å². The molecule has 5 nitrogen and oxygen atoms in total. The Labute approximate surface area is 130 Å². The molecule has 1 aromatic rings. The number of aromatic nitrogens is 2. The number of ether oxygens (including phenoxy) is 1. The number of hydrogen-bond acceptors (Lipinski definition) is 6. The van der Waals surface area contributed by atoms with Crippen molar-refractivity contribution in [3.8, 4) is 0 Å². The maximum atomic E-state index is 5.86. The first-order chi connectivity index (χ1) is 10.4. The van der Waals surface area contributed by atoms with Crippen LogP contribution in [-0.2, 0) is 16.9 Å². The van der Waals surface area contributed by atoms with Crippen LogP contribution >= 0.6 is 11.8 Å². The number of rotatable bonds is 7. The summed E-state index contributed by atoms with van der Waals surface area (Å²) >= 11 is 1.97. The molecule has 3 rings (SSSR count). The Kier molecular flexibility index (Phi) is 5.94. The molecule has 0 amide bonds. The first kappa shape index (κ1) is 15.3. The van der Waals surface area contributed by atoms with Crippen LogP contribution in [0, 0.1) is 0 Å². The van der Waals surface area contributed by atoms with Gasteiger partial charge in [-0.05, 0) is 38.8 Å². The van der Waals surface area contributed by atoms with Crippen LogP contribution in [0.25, 0.3) is 0 Å². The second-order valence-electron chi connectivity index (χ2n) is 5.89. The number of nitrogens with zero attached hydrogens (tertiary/aromatic N) is 2. The molecule has 1 saturated heterocycles. The highest BCUT2D eigenvalue weighted by atomic mass is 32.2. The van der Waals surface area contributed by atoms with Gasteiger partial charge in [0.25, 0.3) is 0 Å².